The summed E-state index contributed by atoms with van der Waals surface area (Å²) in [5.74, 6) is -1.93. The standard InChI is InChI=1S/C17H20FN3O4/c1-2-20(10-9-16(23)24)17(25)14-7-8-15(22)21(19-14)11-12-3-5-13(18)6-4-12/h3-6H,2,7-11H2,1H3,(H,23,24). The van der Waals surface area contributed by atoms with Crippen molar-refractivity contribution in [3.05, 3.63) is 35.6 Å². The molecule has 0 unspecified atom stereocenters. The lowest BCUT2D eigenvalue weighted by Gasteiger charge is -2.26. The first kappa shape index (κ1) is 18.6. The normalized spacial score (nSPS) is 14.2. The molecule has 1 aliphatic heterocycles. The minimum Gasteiger partial charge on any atom is -0.481 e. The number of amides is 2. The van der Waals surface area contributed by atoms with Gasteiger partial charge < -0.3 is 10.0 Å². The van der Waals surface area contributed by atoms with E-state index in [1.54, 1.807) is 19.1 Å². The molecule has 1 aromatic carbocycles. The number of carboxylic acids is 1. The molecule has 25 heavy (non-hydrogen) atoms. The molecule has 0 fully saturated rings. The lowest BCUT2D eigenvalue weighted by Crippen LogP contribution is -2.42. The summed E-state index contributed by atoms with van der Waals surface area (Å²) in [5.41, 5.74) is 0.930. The van der Waals surface area contributed by atoms with Gasteiger partial charge in [0.05, 0.1) is 13.0 Å². The highest BCUT2D eigenvalue weighted by Gasteiger charge is 2.27. The van der Waals surface area contributed by atoms with Crippen LogP contribution < -0.4 is 0 Å². The van der Waals surface area contributed by atoms with Crippen LogP contribution in [0, 0.1) is 5.82 Å². The fourth-order valence-corrected chi connectivity index (χ4v) is 2.46. The fourth-order valence-electron chi connectivity index (χ4n) is 2.46. The number of hydrazone groups is 1. The zero-order valence-electron chi connectivity index (χ0n) is 13.9. The molecule has 8 heteroatoms. The van der Waals surface area contributed by atoms with E-state index in [4.69, 9.17) is 5.11 Å². The number of halogens is 1. The van der Waals surface area contributed by atoms with Crippen LogP contribution in [0.25, 0.3) is 0 Å². The van der Waals surface area contributed by atoms with Gasteiger partial charge in [0.25, 0.3) is 5.91 Å². The van der Waals surface area contributed by atoms with Crippen LogP contribution in [0.15, 0.2) is 29.4 Å². The van der Waals surface area contributed by atoms with Crippen molar-refractivity contribution in [3.8, 4) is 0 Å². The summed E-state index contributed by atoms with van der Waals surface area (Å²) in [6, 6.07) is 5.70. The highest BCUT2D eigenvalue weighted by molar-refractivity contribution is 6.39. The second kappa shape index (κ2) is 8.36. The molecule has 0 saturated heterocycles. The maximum Gasteiger partial charge on any atom is 0.305 e. The van der Waals surface area contributed by atoms with Gasteiger partial charge in [-0.15, -0.1) is 0 Å². The summed E-state index contributed by atoms with van der Waals surface area (Å²) < 4.78 is 13.0. The SMILES string of the molecule is CCN(CCC(=O)O)C(=O)C1=NN(Cc2ccc(F)cc2)C(=O)CC1. The fraction of sp³-hybridized carbons (Fsp3) is 0.412. The topological polar surface area (TPSA) is 90.3 Å². The minimum absolute atomic E-state index is 0.0929. The zero-order valence-corrected chi connectivity index (χ0v) is 13.9. The zero-order chi connectivity index (χ0) is 18.4. The molecular formula is C17H20FN3O4. The van der Waals surface area contributed by atoms with Gasteiger partial charge in [0.15, 0.2) is 0 Å². The smallest absolute Gasteiger partial charge is 0.305 e. The number of aliphatic carboxylic acids is 1. The Kier molecular flexibility index (Phi) is 6.21. The first-order valence-corrected chi connectivity index (χ1v) is 8.04. The Balaban J connectivity index is 2.11. The predicted octanol–water partition coefficient (Wildman–Crippen LogP) is 1.63. The highest BCUT2D eigenvalue weighted by Crippen LogP contribution is 2.15. The van der Waals surface area contributed by atoms with E-state index in [0.717, 1.165) is 0 Å². The van der Waals surface area contributed by atoms with Gasteiger partial charge in [-0.3, -0.25) is 14.4 Å². The van der Waals surface area contributed by atoms with Crippen molar-refractivity contribution in [2.75, 3.05) is 13.1 Å². The molecule has 2 amide bonds. The van der Waals surface area contributed by atoms with E-state index in [1.165, 1.54) is 22.0 Å². The maximum absolute atomic E-state index is 13.0. The van der Waals surface area contributed by atoms with Gasteiger partial charge in [0.1, 0.15) is 11.5 Å². The van der Waals surface area contributed by atoms with Gasteiger partial charge in [0.2, 0.25) is 5.91 Å². The first-order chi connectivity index (χ1) is 11.9. The summed E-state index contributed by atoms with van der Waals surface area (Å²) in [5, 5.41) is 14.1. The lowest BCUT2D eigenvalue weighted by atomic mass is 10.1. The van der Waals surface area contributed by atoms with Crippen LogP contribution in [-0.2, 0) is 20.9 Å². The quantitative estimate of drug-likeness (QED) is 0.810. The number of carbonyl (C=O) groups excluding carboxylic acids is 2. The van der Waals surface area contributed by atoms with Gasteiger partial charge >= 0.3 is 5.97 Å². The Hall–Kier alpha value is -2.77. The molecule has 0 bridgehead atoms. The highest BCUT2D eigenvalue weighted by atomic mass is 19.1. The van der Waals surface area contributed by atoms with E-state index < -0.39 is 5.97 Å². The Morgan fingerprint density at radius 3 is 2.56 bits per heavy atom. The van der Waals surface area contributed by atoms with Gasteiger partial charge in [-0.2, -0.15) is 5.10 Å². The predicted molar refractivity (Wildman–Crippen MR) is 88.1 cm³/mol. The average Bonchev–Trinajstić information content (AvgIpc) is 2.59. The second-order valence-corrected chi connectivity index (χ2v) is 5.65. The third kappa shape index (κ3) is 5.10. The van der Waals surface area contributed by atoms with Crippen LogP contribution in [0.5, 0.6) is 0 Å². The van der Waals surface area contributed by atoms with Crippen LogP contribution in [0.2, 0.25) is 0 Å². The van der Waals surface area contributed by atoms with Crippen LogP contribution in [0.3, 0.4) is 0 Å². The number of hydrogen-bond donors (Lipinski definition) is 1. The molecule has 7 nitrogen and oxygen atoms in total. The van der Waals surface area contributed by atoms with Crippen molar-refractivity contribution >= 4 is 23.5 Å². The lowest BCUT2D eigenvalue weighted by molar-refractivity contribution is -0.137. The van der Waals surface area contributed by atoms with E-state index in [-0.39, 0.29) is 55.7 Å². The van der Waals surface area contributed by atoms with Crippen LogP contribution in [-0.4, -0.2) is 51.6 Å². The van der Waals surface area contributed by atoms with E-state index in [9.17, 15) is 18.8 Å². The van der Waals surface area contributed by atoms with E-state index >= 15 is 0 Å². The Bertz CT molecular complexity index is 688. The molecule has 1 heterocycles. The second-order valence-electron chi connectivity index (χ2n) is 5.65. The maximum atomic E-state index is 13.0. The number of hydrogen-bond acceptors (Lipinski definition) is 4. The summed E-state index contributed by atoms with van der Waals surface area (Å²) in [6.45, 7) is 2.36. The minimum atomic E-state index is -0.982. The van der Waals surface area contributed by atoms with Crippen LogP contribution in [0.1, 0.15) is 31.7 Å². The summed E-state index contributed by atoms with van der Waals surface area (Å²) in [7, 11) is 0. The largest absolute Gasteiger partial charge is 0.481 e. The molecule has 0 spiro atoms. The molecular weight excluding hydrogens is 329 g/mol. The van der Waals surface area contributed by atoms with Crippen molar-refractivity contribution in [1.82, 2.24) is 9.91 Å². The molecule has 1 aliphatic rings. The molecule has 134 valence electrons. The number of carboxylic acid groups (broad SMARTS) is 1. The Labute approximate surface area is 144 Å². The summed E-state index contributed by atoms with van der Waals surface area (Å²) in [4.78, 5) is 36.6. The van der Waals surface area contributed by atoms with Gasteiger partial charge in [-0.1, -0.05) is 12.1 Å². The molecule has 1 aromatic rings. The molecule has 0 radical (unpaired) electrons. The van der Waals surface area contributed by atoms with Gasteiger partial charge in [-0.05, 0) is 24.6 Å². The third-order valence-electron chi connectivity index (χ3n) is 3.86. The van der Waals surface area contributed by atoms with Crippen molar-refractivity contribution < 1.29 is 23.9 Å². The van der Waals surface area contributed by atoms with E-state index in [2.05, 4.69) is 5.10 Å². The Morgan fingerprint density at radius 1 is 1.28 bits per heavy atom. The van der Waals surface area contributed by atoms with Crippen molar-refractivity contribution in [3.63, 3.8) is 0 Å². The van der Waals surface area contributed by atoms with Crippen LogP contribution >= 0.6 is 0 Å². The molecule has 0 aromatic heterocycles. The molecule has 2 rings (SSSR count). The van der Waals surface area contributed by atoms with Crippen LogP contribution in [0.4, 0.5) is 4.39 Å². The number of rotatable bonds is 7. The molecule has 0 saturated carbocycles. The average molecular weight is 349 g/mol. The third-order valence-corrected chi connectivity index (χ3v) is 3.86. The van der Waals surface area contributed by atoms with Crippen molar-refractivity contribution in [2.24, 2.45) is 5.10 Å². The number of benzene rings is 1. The van der Waals surface area contributed by atoms with Crippen molar-refractivity contribution in [1.29, 1.82) is 0 Å². The molecule has 0 aliphatic carbocycles. The molecule has 0 atom stereocenters. The first-order valence-electron chi connectivity index (χ1n) is 8.04. The summed E-state index contributed by atoms with van der Waals surface area (Å²) in [6.07, 6.45) is 0.231. The molecule has 1 N–H and O–H groups in total. The van der Waals surface area contributed by atoms with E-state index in [0.29, 0.717) is 12.1 Å². The van der Waals surface area contributed by atoms with E-state index in [1.807, 2.05) is 0 Å². The number of carbonyl (C=O) groups is 3. The summed E-state index contributed by atoms with van der Waals surface area (Å²) >= 11 is 0. The monoisotopic (exact) mass is 349 g/mol. The van der Waals surface area contributed by atoms with Crippen molar-refractivity contribution in [2.45, 2.75) is 32.7 Å². The number of nitrogens with zero attached hydrogens (tertiary/aromatic N) is 3. The van der Waals surface area contributed by atoms with Gasteiger partial charge in [-0.25, -0.2) is 9.40 Å². The Morgan fingerprint density at radius 2 is 1.96 bits per heavy atom. The van der Waals surface area contributed by atoms with Gasteiger partial charge in [0, 0.05) is 25.9 Å².